The van der Waals surface area contributed by atoms with Crippen molar-refractivity contribution in [3.63, 3.8) is 0 Å². The van der Waals surface area contributed by atoms with Crippen molar-refractivity contribution >= 4 is 0 Å². The molecule has 2 rings (SSSR count). The van der Waals surface area contributed by atoms with E-state index in [0.29, 0.717) is 12.0 Å². The molecule has 0 amide bonds. The van der Waals surface area contributed by atoms with E-state index >= 15 is 0 Å². The molecule has 2 atom stereocenters. The smallest absolute Gasteiger partial charge is 0.119 e. The van der Waals surface area contributed by atoms with E-state index < -0.39 is 0 Å². The summed E-state index contributed by atoms with van der Waals surface area (Å²) < 4.78 is 11.3. The molecule has 1 N–H and O–H groups in total. The van der Waals surface area contributed by atoms with Crippen LogP contribution in [-0.2, 0) is 4.74 Å². The van der Waals surface area contributed by atoms with Crippen LogP contribution in [0.2, 0.25) is 0 Å². The van der Waals surface area contributed by atoms with Crippen LogP contribution in [0.1, 0.15) is 51.1 Å². The summed E-state index contributed by atoms with van der Waals surface area (Å²) in [7, 11) is 0. The van der Waals surface area contributed by atoms with Gasteiger partial charge in [-0.1, -0.05) is 26.0 Å². The third kappa shape index (κ3) is 5.01. The summed E-state index contributed by atoms with van der Waals surface area (Å²) in [5.74, 6) is 1.54. The average Bonchev–Trinajstić information content (AvgIpc) is 2.55. The second-order valence-electron chi connectivity index (χ2n) is 5.83. The molecule has 0 aromatic heterocycles. The maximum absolute atomic E-state index is 5.68. The Labute approximate surface area is 129 Å². The molecule has 1 aromatic rings. The highest BCUT2D eigenvalue weighted by atomic mass is 16.5. The molecule has 1 aromatic carbocycles. The number of rotatable bonds is 8. The van der Waals surface area contributed by atoms with Crippen molar-refractivity contribution in [1.29, 1.82) is 0 Å². The molecule has 1 fully saturated rings. The van der Waals surface area contributed by atoms with Crippen LogP contribution in [0.3, 0.4) is 0 Å². The molecular weight excluding hydrogens is 262 g/mol. The monoisotopic (exact) mass is 291 g/mol. The number of benzene rings is 1. The van der Waals surface area contributed by atoms with Crippen molar-refractivity contribution < 1.29 is 9.47 Å². The second-order valence-corrected chi connectivity index (χ2v) is 5.83. The van der Waals surface area contributed by atoms with Crippen molar-refractivity contribution in [3.05, 3.63) is 29.8 Å². The first-order valence-corrected chi connectivity index (χ1v) is 8.39. The number of hydrogen-bond donors (Lipinski definition) is 1. The molecule has 118 valence electrons. The Morgan fingerprint density at radius 2 is 2.05 bits per heavy atom. The maximum Gasteiger partial charge on any atom is 0.119 e. The minimum absolute atomic E-state index is 0.394. The normalized spacial score (nSPS) is 20.2. The van der Waals surface area contributed by atoms with Gasteiger partial charge in [-0.3, -0.25) is 0 Å². The van der Waals surface area contributed by atoms with E-state index in [1.165, 1.54) is 18.4 Å². The molecule has 0 aliphatic carbocycles. The summed E-state index contributed by atoms with van der Waals surface area (Å²) in [6.07, 6.45) is 4.62. The minimum Gasteiger partial charge on any atom is -0.494 e. The molecule has 0 radical (unpaired) electrons. The molecule has 3 heteroatoms. The van der Waals surface area contributed by atoms with E-state index in [2.05, 4.69) is 43.4 Å². The maximum atomic E-state index is 5.68. The lowest BCUT2D eigenvalue weighted by Gasteiger charge is -2.31. The van der Waals surface area contributed by atoms with Gasteiger partial charge in [0.15, 0.2) is 0 Å². The predicted molar refractivity (Wildman–Crippen MR) is 86.8 cm³/mol. The Kier molecular flexibility index (Phi) is 7.04. The molecule has 1 aliphatic rings. The SMILES string of the molecule is CCCNC(c1ccc(OCCC)cc1)C1CCCOC1. The van der Waals surface area contributed by atoms with E-state index in [9.17, 15) is 0 Å². The van der Waals surface area contributed by atoms with Crippen LogP contribution in [0.15, 0.2) is 24.3 Å². The summed E-state index contributed by atoms with van der Waals surface area (Å²) in [6.45, 7) is 7.96. The lowest BCUT2D eigenvalue weighted by Crippen LogP contribution is -2.33. The van der Waals surface area contributed by atoms with Crippen molar-refractivity contribution in [2.24, 2.45) is 5.92 Å². The van der Waals surface area contributed by atoms with E-state index in [1.54, 1.807) is 0 Å². The fourth-order valence-corrected chi connectivity index (χ4v) is 2.88. The van der Waals surface area contributed by atoms with E-state index in [1.807, 2.05) is 0 Å². The summed E-state index contributed by atoms with van der Waals surface area (Å²) in [5, 5.41) is 3.70. The third-order valence-electron chi connectivity index (χ3n) is 3.99. The largest absolute Gasteiger partial charge is 0.494 e. The lowest BCUT2D eigenvalue weighted by molar-refractivity contribution is 0.0390. The van der Waals surface area contributed by atoms with Gasteiger partial charge in [-0.05, 0) is 49.9 Å². The minimum atomic E-state index is 0.394. The molecule has 2 unspecified atom stereocenters. The lowest BCUT2D eigenvalue weighted by atomic mass is 9.88. The van der Waals surface area contributed by atoms with Gasteiger partial charge in [0.05, 0.1) is 13.2 Å². The van der Waals surface area contributed by atoms with Crippen molar-refractivity contribution in [2.45, 2.75) is 45.6 Å². The van der Waals surface area contributed by atoms with Crippen molar-refractivity contribution in [2.75, 3.05) is 26.4 Å². The van der Waals surface area contributed by atoms with Crippen LogP contribution in [0.5, 0.6) is 5.75 Å². The zero-order valence-corrected chi connectivity index (χ0v) is 13.4. The van der Waals surface area contributed by atoms with Crippen LogP contribution < -0.4 is 10.1 Å². The third-order valence-corrected chi connectivity index (χ3v) is 3.99. The summed E-state index contributed by atoms with van der Waals surface area (Å²) in [6, 6.07) is 8.98. The van der Waals surface area contributed by atoms with Crippen molar-refractivity contribution in [1.82, 2.24) is 5.32 Å². The zero-order chi connectivity index (χ0) is 14.9. The Morgan fingerprint density at radius 3 is 2.67 bits per heavy atom. The average molecular weight is 291 g/mol. The van der Waals surface area contributed by atoms with Crippen LogP contribution in [0.4, 0.5) is 0 Å². The van der Waals surface area contributed by atoms with Gasteiger partial charge in [-0.25, -0.2) is 0 Å². The molecule has 0 saturated carbocycles. The van der Waals surface area contributed by atoms with Gasteiger partial charge < -0.3 is 14.8 Å². The first-order valence-electron chi connectivity index (χ1n) is 8.39. The second kappa shape index (κ2) is 9.06. The molecule has 1 heterocycles. The van der Waals surface area contributed by atoms with Crippen LogP contribution in [0, 0.1) is 5.92 Å². The molecule has 1 saturated heterocycles. The number of ether oxygens (including phenoxy) is 2. The molecular formula is C18H29NO2. The number of hydrogen-bond acceptors (Lipinski definition) is 3. The Bertz CT molecular complexity index is 385. The van der Waals surface area contributed by atoms with Gasteiger partial charge >= 0.3 is 0 Å². The van der Waals surface area contributed by atoms with Gasteiger partial charge in [0, 0.05) is 18.6 Å². The highest BCUT2D eigenvalue weighted by Crippen LogP contribution is 2.30. The molecule has 0 bridgehead atoms. The molecule has 21 heavy (non-hydrogen) atoms. The zero-order valence-electron chi connectivity index (χ0n) is 13.4. The summed E-state index contributed by atoms with van der Waals surface area (Å²) in [4.78, 5) is 0. The summed E-state index contributed by atoms with van der Waals surface area (Å²) in [5.41, 5.74) is 1.35. The first-order chi connectivity index (χ1) is 10.3. The van der Waals surface area contributed by atoms with Crippen LogP contribution in [0.25, 0.3) is 0 Å². The highest BCUT2D eigenvalue weighted by Gasteiger charge is 2.25. The Hall–Kier alpha value is -1.06. The Balaban J connectivity index is 2.04. The quantitative estimate of drug-likeness (QED) is 0.787. The van der Waals surface area contributed by atoms with Gasteiger partial charge in [0.2, 0.25) is 0 Å². The van der Waals surface area contributed by atoms with Crippen LogP contribution >= 0.6 is 0 Å². The van der Waals surface area contributed by atoms with E-state index in [4.69, 9.17) is 9.47 Å². The predicted octanol–water partition coefficient (Wildman–Crippen LogP) is 3.94. The first kappa shape index (κ1) is 16.3. The van der Waals surface area contributed by atoms with Crippen LogP contribution in [-0.4, -0.2) is 26.4 Å². The highest BCUT2D eigenvalue weighted by molar-refractivity contribution is 5.29. The van der Waals surface area contributed by atoms with Gasteiger partial charge in [0.1, 0.15) is 5.75 Å². The van der Waals surface area contributed by atoms with E-state index in [-0.39, 0.29) is 0 Å². The standard InChI is InChI=1S/C18H29NO2/c1-3-11-19-18(16-6-5-13-20-14-16)15-7-9-17(10-8-15)21-12-4-2/h7-10,16,18-19H,3-6,11-14H2,1-2H3. The van der Waals surface area contributed by atoms with E-state index in [0.717, 1.165) is 45.0 Å². The Morgan fingerprint density at radius 1 is 1.24 bits per heavy atom. The van der Waals surface area contributed by atoms with Gasteiger partial charge in [0.25, 0.3) is 0 Å². The topological polar surface area (TPSA) is 30.5 Å². The van der Waals surface area contributed by atoms with Gasteiger partial charge in [-0.15, -0.1) is 0 Å². The molecule has 0 spiro atoms. The fraction of sp³-hybridized carbons (Fsp3) is 0.667. The molecule has 1 aliphatic heterocycles. The molecule has 3 nitrogen and oxygen atoms in total. The fourth-order valence-electron chi connectivity index (χ4n) is 2.88. The summed E-state index contributed by atoms with van der Waals surface area (Å²) >= 11 is 0. The van der Waals surface area contributed by atoms with Gasteiger partial charge in [-0.2, -0.15) is 0 Å². The number of nitrogens with one attached hydrogen (secondary N) is 1. The van der Waals surface area contributed by atoms with Crippen molar-refractivity contribution in [3.8, 4) is 5.75 Å².